The van der Waals surface area contributed by atoms with Crippen LogP contribution in [0.15, 0.2) is 59.4 Å². The van der Waals surface area contributed by atoms with Gasteiger partial charge in [0.2, 0.25) is 0 Å². The normalized spacial score (nSPS) is 12.0. The Kier molecular flexibility index (Phi) is 6.02. The van der Waals surface area contributed by atoms with Crippen molar-refractivity contribution in [3.05, 3.63) is 81.2 Å². The Morgan fingerprint density at radius 1 is 1.14 bits per heavy atom. The minimum absolute atomic E-state index is 0.0253. The van der Waals surface area contributed by atoms with Gasteiger partial charge in [-0.15, -0.1) is 0 Å². The van der Waals surface area contributed by atoms with E-state index in [-0.39, 0.29) is 24.1 Å². The predicted molar refractivity (Wildman–Crippen MR) is 111 cm³/mol. The molecule has 7 heteroatoms. The molecule has 1 amide bonds. The van der Waals surface area contributed by atoms with Gasteiger partial charge in [0.05, 0.1) is 11.4 Å². The highest BCUT2D eigenvalue weighted by molar-refractivity contribution is 6.31. The van der Waals surface area contributed by atoms with Crippen LogP contribution in [0, 0.1) is 6.92 Å². The van der Waals surface area contributed by atoms with Gasteiger partial charge in [-0.1, -0.05) is 48.0 Å². The van der Waals surface area contributed by atoms with Crippen LogP contribution >= 0.6 is 11.6 Å². The first-order chi connectivity index (χ1) is 13.4. The first-order valence-electron chi connectivity index (χ1n) is 9.11. The van der Waals surface area contributed by atoms with Crippen LogP contribution < -0.4 is 16.2 Å². The summed E-state index contributed by atoms with van der Waals surface area (Å²) in [5, 5.41) is 5.34. The summed E-state index contributed by atoms with van der Waals surface area (Å²) < 4.78 is 3.28. The van der Waals surface area contributed by atoms with E-state index < -0.39 is 0 Å². The fourth-order valence-corrected chi connectivity index (χ4v) is 3.47. The maximum absolute atomic E-state index is 12.9. The van der Waals surface area contributed by atoms with E-state index in [0.29, 0.717) is 16.4 Å². The lowest BCUT2D eigenvalue weighted by molar-refractivity contribution is -0.682. The highest BCUT2D eigenvalue weighted by Crippen LogP contribution is 2.19. The third kappa shape index (κ3) is 4.03. The molecule has 3 N–H and O–H groups in total. The van der Waals surface area contributed by atoms with Gasteiger partial charge in [0.15, 0.2) is 6.54 Å². The largest absolute Gasteiger partial charge is 0.332 e. The van der Waals surface area contributed by atoms with E-state index in [1.54, 1.807) is 16.4 Å². The molecule has 0 aliphatic carbocycles. The number of hydrogen-bond acceptors (Lipinski definition) is 2. The van der Waals surface area contributed by atoms with Crippen molar-refractivity contribution in [1.82, 2.24) is 9.36 Å². The zero-order chi connectivity index (χ0) is 20.3. The van der Waals surface area contributed by atoms with Crippen LogP contribution in [0.25, 0.3) is 5.69 Å². The number of nitrogens with two attached hydrogens (primary N) is 1. The van der Waals surface area contributed by atoms with Crippen molar-refractivity contribution in [3.63, 3.8) is 0 Å². The number of para-hydroxylation sites is 1. The zero-order valence-corrected chi connectivity index (χ0v) is 16.9. The van der Waals surface area contributed by atoms with Crippen molar-refractivity contribution in [2.24, 2.45) is 7.05 Å². The first kappa shape index (κ1) is 19.9. The van der Waals surface area contributed by atoms with Crippen molar-refractivity contribution in [2.75, 3.05) is 11.9 Å². The van der Waals surface area contributed by atoms with Gasteiger partial charge in [-0.05, 0) is 32.0 Å². The fourth-order valence-electron chi connectivity index (χ4n) is 3.16. The van der Waals surface area contributed by atoms with Crippen LogP contribution in [0.3, 0.4) is 0 Å². The van der Waals surface area contributed by atoms with E-state index in [9.17, 15) is 9.59 Å². The average molecular weight is 400 g/mol. The van der Waals surface area contributed by atoms with Gasteiger partial charge in [0.25, 0.3) is 11.5 Å². The molecule has 0 saturated heterocycles. The van der Waals surface area contributed by atoms with Gasteiger partial charge in [0, 0.05) is 17.6 Å². The highest BCUT2D eigenvalue weighted by Gasteiger charge is 2.20. The van der Waals surface area contributed by atoms with Crippen LogP contribution in [0.1, 0.15) is 24.2 Å². The van der Waals surface area contributed by atoms with Crippen molar-refractivity contribution in [3.8, 4) is 5.69 Å². The molecule has 0 aliphatic heterocycles. The topological polar surface area (TPSA) is 72.6 Å². The van der Waals surface area contributed by atoms with E-state index >= 15 is 0 Å². The van der Waals surface area contributed by atoms with Crippen LogP contribution in [0.2, 0.25) is 5.02 Å². The molecule has 1 heterocycles. The molecule has 0 aliphatic rings. The Labute approximate surface area is 168 Å². The summed E-state index contributed by atoms with van der Waals surface area (Å²) in [5.74, 6) is -0.232. The zero-order valence-electron chi connectivity index (χ0n) is 16.1. The summed E-state index contributed by atoms with van der Waals surface area (Å²) in [6.45, 7) is 3.99. The predicted octanol–water partition coefficient (Wildman–Crippen LogP) is 2.40. The lowest BCUT2D eigenvalue weighted by Gasteiger charge is -2.12. The number of quaternary nitrogens is 1. The molecular formula is C21H24ClN4O2+. The van der Waals surface area contributed by atoms with Crippen molar-refractivity contribution in [2.45, 2.75) is 19.9 Å². The van der Waals surface area contributed by atoms with E-state index in [1.807, 2.05) is 73.8 Å². The summed E-state index contributed by atoms with van der Waals surface area (Å²) in [5.41, 5.74) is 2.46. The van der Waals surface area contributed by atoms with E-state index in [1.165, 1.54) is 0 Å². The second kappa shape index (κ2) is 8.46. The molecule has 6 nitrogen and oxygen atoms in total. The number of hydrogen-bond donors (Lipinski definition) is 2. The molecule has 0 fully saturated rings. The average Bonchev–Trinajstić information content (AvgIpc) is 2.90. The van der Waals surface area contributed by atoms with Gasteiger partial charge in [-0.25, -0.2) is 4.68 Å². The van der Waals surface area contributed by atoms with Gasteiger partial charge >= 0.3 is 0 Å². The van der Waals surface area contributed by atoms with E-state index in [2.05, 4.69) is 5.32 Å². The van der Waals surface area contributed by atoms with Crippen LogP contribution in [0.5, 0.6) is 0 Å². The monoisotopic (exact) mass is 399 g/mol. The molecule has 0 bridgehead atoms. The smallest absolute Gasteiger partial charge is 0.295 e. The Morgan fingerprint density at radius 3 is 2.46 bits per heavy atom. The molecule has 146 valence electrons. The first-order valence-corrected chi connectivity index (χ1v) is 9.49. The maximum atomic E-state index is 12.9. The molecule has 28 heavy (non-hydrogen) atoms. The van der Waals surface area contributed by atoms with Crippen molar-refractivity contribution >= 4 is 23.2 Å². The Hall–Kier alpha value is -2.83. The minimum Gasteiger partial charge on any atom is -0.332 e. The molecule has 3 rings (SSSR count). The van der Waals surface area contributed by atoms with Crippen molar-refractivity contribution < 1.29 is 10.1 Å². The van der Waals surface area contributed by atoms with Crippen LogP contribution in [-0.2, 0) is 11.8 Å². The minimum atomic E-state index is -0.251. The number of anilines is 1. The summed E-state index contributed by atoms with van der Waals surface area (Å²) in [4.78, 5) is 25.3. The standard InChI is InChI=1S/C21H23ClN4O2/c1-14(17-11-7-8-12-18(17)22)23-13-19(27)24-20-15(2)25(3)26(21(20)28)16-9-5-4-6-10-16/h4-12,14,23H,13H2,1-3H3,(H,24,27)/p+1/t14-/m0/s1. The molecular weight excluding hydrogens is 376 g/mol. The Balaban J connectivity index is 1.73. The second-order valence-electron chi connectivity index (χ2n) is 6.73. The van der Waals surface area contributed by atoms with Crippen molar-refractivity contribution in [1.29, 1.82) is 0 Å². The number of amides is 1. The Bertz CT molecular complexity index is 1040. The van der Waals surface area contributed by atoms with Gasteiger partial charge in [-0.2, -0.15) is 0 Å². The lowest BCUT2D eigenvalue weighted by Crippen LogP contribution is -2.86. The van der Waals surface area contributed by atoms with Gasteiger partial charge in [-0.3, -0.25) is 14.3 Å². The summed E-state index contributed by atoms with van der Waals surface area (Å²) in [6, 6.07) is 16.9. The van der Waals surface area contributed by atoms with E-state index in [4.69, 9.17) is 11.6 Å². The SMILES string of the molecule is Cc1c(NC(=O)C[NH2+][C@@H](C)c2ccccc2Cl)c(=O)n(-c2ccccc2)n1C. The molecule has 0 saturated carbocycles. The third-order valence-corrected chi connectivity index (χ3v) is 5.22. The Morgan fingerprint density at radius 2 is 1.79 bits per heavy atom. The van der Waals surface area contributed by atoms with Crippen LogP contribution in [-0.4, -0.2) is 21.8 Å². The second-order valence-corrected chi connectivity index (χ2v) is 7.14. The number of halogens is 1. The molecule has 1 atom stereocenters. The molecule has 0 radical (unpaired) electrons. The number of aromatic nitrogens is 2. The third-order valence-electron chi connectivity index (χ3n) is 4.87. The number of carbonyl (C=O) groups excluding carboxylic acids is 1. The van der Waals surface area contributed by atoms with Gasteiger partial charge < -0.3 is 10.6 Å². The number of benzene rings is 2. The molecule has 2 aromatic carbocycles. The van der Waals surface area contributed by atoms with E-state index in [0.717, 1.165) is 11.3 Å². The number of rotatable bonds is 6. The summed E-state index contributed by atoms with van der Waals surface area (Å²) >= 11 is 6.22. The highest BCUT2D eigenvalue weighted by atomic mass is 35.5. The summed E-state index contributed by atoms with van der Waals surface area (Å²) in [7, 11) is 1.80. The molecule has 0 spiro atoms. The molecule has 3 aromatic rings. The quantitative estimate of drug-likeness (QED) is 0.668. The fraction of sp³-hybridized carbons (Fsp3) is 0.238. The van der Waals surface area contributed by atoms with Gasteiger partial charge in [0.1, 0.15) is 11.7 Å². The van der Waals surface area contributed by atoms with Crippen LogP contribution in [0.4, 0.5) is 5.69 Å². The number of nitrogens with zero attached hydrogens (tertiary/aromatic N) is 2. The lowest BCUT2D eigenvalue weighted by atomic mass is 10.1. The molecule has 0 unspecified atom stereocenters. The number of nitrogens with one attached hydrogen (secondary N) is 1. The number of carbonyl (C=O) groups is 1. The molecule has 1 aromatic heterocycles. The maximum Gasteiger partial charge on any atom is 0.295 e. The summed E-state index contributed by atoms with van der Waals surface area (Å²) in [6.07, 6.45) is 0.